The summed E-state index contributed by atoms with van der Waals surface area (Å²) in [6, 6.07) is 34.5. The average Bonchev–Trinajstić information content (AvgIpc) is 3.11. The normalized spacial score (nSPS) is 13.7. The zero-order valence-electron chi connectivity index (χ0n) is 25.3. The number of carbonyl (C=O) groups is 1. The van der Waals surface area contributed by atoms with Crippen LogP contribution in [0.3, 0.4) is 0 Å². The van der Waals surface area contributed by atoms with Crippen LogP contribution >= 0.6 is 0 Å². The van der Waals surface area contributed by atoms with Crippen LogP contribution in [0.4, 0.5) is 0 Å². The number of carbonyl (C=O) groups excluding carboxylic acids is 1. The third-order valence-electron chi connectivity index (χ3n) is 7.23. The molecule has 0 aliphatic carbocycles. The molecule has 0 saturated carbocycles. The Morgan fingerprint density at radius 1 is 0.630 bits per heavy atom. The van der Waals surface area contributed by atoms with E-state index in [1.165, 1.54) is 12.1 Å². The molecular weight excluding hydrogens is 588 g/mol. The smallest absolute Gasteiger partial charge is 0.274 e. The van der Waals surface area contributed by atoms with Crippen molar-refractivity contribution in [1.82, 2.24) is 5.48 Å². The van der Waals surface area contributed by atoms with Crippen molar-refractivity contribution >= 4 is 5.91 Å². The Balaban J connectivity index is 1.46. The van der Waals surface area contributed by atoms with Gasteiger partial charge >= 0.3 is 0 Å². The molecule has 0 aromatic heterocycles. The van der Waals surface area contributed by atoms with Crippen LogP contribution in [-0.2, 0) is 45.4 Å². The lowest BCUT2D eigenvalue weighted by Crippen LogP contribution is -2.49. The molecule has 4 aromatic carbocycles. The number of nitrogens with zero attached hydrogens (tertiary/aromatic N) is 1. The standard InChI is InChI=1S/C36H38N2O8/c37-19-26-11-13-29(14-12-26)22-45-32(24-43-20-27-7-3-1-4-8-27)34(39)35(40)33(25-44-21-28-9-5-2-6-10-28)46-23-30-15-17-31(18-16-30)36(41)38-42/h1-18,32-35,39-40,42H,20-25H2,(H,38,41)/t32-,33-,34-,35-/m1/s1. The summed E-state index contributed by atoms with van der Waals surface area (Å²) in [6.45, 7) is 0.656. The van der Waals surface area contributed by atoms with Crippen LogP contribution in [0.1, 0.15) is 38.2 Å². The molecule has 4 atom stereocenters. The van der Waals surface area contributed by atoms with Crippen molar-refractivity contribution in [3.63, 3.8) is 0 Å². The summed E-state index contributed by atoms with van der Waals surface area (Å²) in [4.78, 5) is 11.7. The van der Waals surface area contributed by atoms with Gasteiger partial charge in [0.05, 0.1) is 51.3 Å². The van der Waals surface area contributed by atoms with Crippen LogP contribution in [0, 0.1) is 11.3 Å². The van der Waals surface area contributed by atoms with E-state index in [0.29, 0.717) is 11.1 Å². The number of hydrogen-bond donors (Lipinski definition) is 4. The Hall–Kier alpha value is -4.44. The van der Waals surface area contributed by atoms with E-state index in [0.717, 1.165) is 16.7 Å². The Morgan fingerprint density at radius 2 is 1.04 bits per heavy atom. The molecule has 0 aliphatic rings. The molecule has 4 aromatic rings. The number of rotatable bonds is 18. The van der Waals surface area contributed by atoms with E-state index in [1.54, 1.807) is 41.9 Å². The molecule has 46 heavy (non-hydrogen) atoms. The van der Waals surface area contributed by atoms with Gasteiger partial charge < -0.3 is 29.2 Å². The molecule has 10 nitrogen and oxygen atoms in total. The highest BCUT2D eigenvalue weighted by Crippen LogP contribution is 2.18. The SMILES string of the molecule is N#Cc1ccc(CO[C@H](COCc2ccccc2)[C@@H](O)[C@H](O)[C@@H](COCc2ccccc2)OCc2ccc(C(=O)NO)cc2)cc1. The van der Waals surface area contributed by atoms with Crippen LogP contribution in [0.15, 0.2) is 109 Å². The first kappa shape index (κ1) is 34.4. The molecule has 240 valence electrons. The van der Waals surface area contributed by atoms with Gasteiger partial charge in [0.15, 0.2) is 0 Å². The number of amides is 1. The first-order chi connectivity index (χ1) is 22.5. The lowest BCUT2D eigenvalue weighted by atomic mass is 10.0. The van der Waals surface area contributed by atoms with Crippen molar-refractivity contribution < 1.29 is 39.2 Å². The van der Waals surface area contributed by atoms with E-state index in [9.17, 15) is 15.0 Å². The first-order valence-corrected chi connectivity index (χ1v) is 14.8. The predicted molar refractivity (Wildman–Crippen MR) is 168 cm³/mol. The van der Waals surface area contributed by atoms with E-state index in [4.69, 9.17) is 29.4 Å². The minimum atomic E-state index is -1.43. The summed E-state index contributed by atoms with van der Waals surface area (Å²) in [5.41, 5.74) is 5.74. The lowest BCUT2D eigenvalue weighted by Gasteiger charge is -2.32. The molecule has 0 fully saturated rings. The predicted octanol–water partition coefficient (Wildman–Crippen LogP) is 4.30. The summed E-state index contributed by atoms with van der Waals surface area (Å²) in [5.74, 6) is -0.639. The molecule has 0 spiro atoms. The summed E-state index contributed by atoms with van der Waals surface area (Å²) in [7, 11) is 0. The zero-order chi connectivity index (χ0) is 32.6. The largest absolute Gasteiger partial charge is 0.388 e. The highest BCUT2D eigenvalue weighted by molar-refractivity contribution is 5.93. The summed E-state index contributed by atoms with van der Waals surface area (Å²) in [6.07, 6.45) is -4.75. The van der Waals surface area contributed by atoms with Crippen LogP contribution in [0.2, 0.25) is 0 Å². The van der Waals surface area contributed by atoms with Gasteiger partial charge in [0.25, 0.3) is 5.91 Å². The van der Waals surface area contributed by atoms with E-state index >= 15 is 0 Å². The number of ether oxygens (including phenoxy) is 4. The van der Waals surface area contributed by atoms with Crippen molar-refractivity contribution in [2.24, 2.45) is 0 Å². The van der Waals surface area contributed by atoms with Crippen LogP contribution in [0.5, 0.6) is 0 Å². The third kappa shape index (κ3) is 10.9. The van der Waals surface area contributed by atoms with Gasteiger partial charge in [-0.25, -0.2) is 5.48 Å². The number of hydroxylamine groups is 1. The van der Waals surface area contributed by atoms with Crippen LogP contribution < -0.4 is 5.48 Å². The van der Waals surface area contributed by atoms with Gasteiger partial charge in [0.2, 0.25) is 0 Å². The molecule has 0 bridgehead atoms. The second-order valence-corrected chi connectivity index (χ2v) is 10.6. The van der Waals surface area contributed by atoms with Gasteiger partial charge in [-0.1, -0.05) is 84.9 Å². The lowest BCUT2D eigenvalue weighted by molar-refractivity contribution is -0.170. The molecule has 0 radical (unpaired) electrons. The number of aliphatic hydroxyl groups is 2. The van der Waals surface area contributed by atoms with Crippen molar-refractivity contribution in [1.29, 1.82) is 5.26 Å². The third-order valence-corrected chi connectivity index (χ3v) is 7.23. The fourth-order valence-electron chi connectivity index (χ4n) is 4.56. The topological polar surface area (TPSA) is 150 Å². The Kier molecular flexibility index (Phi) is 13.9. The van der Waals surface area contributed by atoms with Gasteiger partial charge in [-0.05, 0) is 46.5 Å². The summed E-state index contributed by atoms with van der Waals surface area (Å²) in [5, 5.41) is 40.9. The van der Waals surface area contributed by atoms with E-state index < -0.39 is 30.3 Å². The molecule has 4 rings (SSSR count). The van der Waals surface area contributed by atoms with Gasteiger partial charge in [-0.15, -0.1) is 0 Å². The summed E-state index contributed by atoms with van der Waals surface area (Å²) >= 11 is 0. The second kappa shape index (κ2) is 18.5. The maximum Gasteiger partial charge on any atom is 0.274 e. The minimum absolute atomic E-state index is 0.0185. The fourth-order valence-corrected chi connectivity index (χ4v) is 4.56. The molecule has 0 heterocycles. The number of nitrogens with one attached hydrogen (secondary N) is 1. The Bertz CT molecular complexity index is 1500. The molecule has 4 N–H and O–H groups in total. The molecule has 1 amide bonds. The molecule has 10 heteroatoms. The van der Waals surface area contributed by atoms with E-state index in [1.807, 2.05) is 60.7 Å². The summed E-state index contributed by atoms with van der Waals surface area (Å²) < 4.78 is 24.0. The second-order valence-electron chi connectivity index (χ2n) is 10.6. The highest BCUT2D eigenvalue weighted by atomic mass is 16.6. The maximum absolute atomic E-state index is 11.7. The number of aliphatic hydroxyl groups excluding tert-OH is 2. The fraction of sp³-hybridized carbons (Fsp3) is 0.278. The number of hydrogen-bond acceptors (Lipinski definition) is 9. The molecular formula is C36H38N2O8. The minimum Gasteiger partial charge on any atom is -0.388 e. The zero-order valence-corrected chi connectivity index (χ0v) is 25.3. The van der Waals surface area contributed by atoms with E-state index in [-0.39, 0.29) is 45.2 Å². The van der Waals surface area contributed by atoms with Crippen LogP contribution in [-0.4, -0.2) is 59.0 Å². The maximum atomic E-state index is 11.7. The monoisotopic (exact) mass is 626 g/mol. The quantitative estimate of drug-likeness (QED) is 0.0936. The van der Waals surface area contributed by atoms with Gasteiger partial charge in [-0.2, -0.15) is 5.26 Å². The van der Waals surface area contributed by atoms with E-state index in [2.05, 4.69) is 6.07 Å². The number of nitriles is 1. The first-order valence-electron chi connectivity index (χ1n) is 14.8. The van der Waals surface area contributed by atoms with Crippen molar-refractivity contribution in [2.75, 3.05) is 13.2 Å². The van der Waals surface area contributed by atoms with Crippen molar-refractivity contribution in [2.45, 2.75) is 50.8 Å². The van der Waals surface area contributed by atoms with Gasteiger partial charge in [-0.3, -0.25) is 10.0 Å². The number of benzene rings is 4. The molecule has 0 aliphatic heterocycles. The highest BCUT2D eigenvalue weighted by Gasteiger charge is 2.34. The van der Waals surface area contributed by atoms with Crippen molar-refractivity contribution in [3.05, 3.63) is 143 Å². The van der Waals surface area contributed by atoms with Crippen LogP contribution in [0.25, 0.3) is 0 Å². The van der Waals surface area contributed by atoms with Crippen molar-refractivity contribution in [3.8, 4) is 6.07 Å². The average molecular weight is 627 g/mol. The van der Waals surface area contributed by atoms with Gasteiger partial charge in [0, 0.05) is 5.56 Å². The Morgan fingerprint density at radius 3 is 1.46 bits per heavy atom. The van der Waals surface area contributed by atoms with Gasteiger partial charge in [0.1, 0.15) is 24.4 Å². The molecule has 0 unspecified atom stereocenters. The Labute approximate surface area is 268 Å². The molecule has 0 saturated heterocycles.